The van der Waals surface area contributed by atoms with Crippen molar-refractivity contribution in [2.75, 3.05) is 25.2 Å². The number of anilines is 1. The molecule has 3 rings (SSSR count). The highest BCUT2D eigenvalue weighted by molar-refractivity contribution is 7.17. The molecule has 2 atom stereocenters. The Balaban J connectivity index is 1.89. The van der Waals surface area contributed by atoms with Gasteiger partial charge in [0.1, 0.15) is 4.88 Å². The van der Waals surface area contributed by atoms with Gasteiger partial charge >= 0.3 is 5.97 Å². The van der Waals surface area contributed by atoms with Gasteiger partial charge in [0.25, 0.3) is 0 Å². The predicted octanol–water partition coefficient (Wildman–Crippen LogP) is 1.75. The molecule has 20 heavy (non-hydrogen) atoms. The van der Waals surface area contributed by atoms with Crippen molar-refractivity contribution < 1.29 is 19.4 Å². The first-order valence-electron chi connectivity index (χ1n) is 6.81. The van der Waals surface area contributed by atoms with Crippen molar-refractivity contribution in [3.05, 3.63) is 10.6 Å². The van der Waals surface area contributed by atoms with E-state index < -0.39 is 5.97 Å². The normalized spacial score (nSPS) is 25.8. The lowest BCUT2D eigenvalue weighted by Gasteiger charge is -2.37. The van der Waals surface area contributed by atoms with E-state index in [9.17, 15) is 9.90 Å². The van der Waals surface area contributed by atoms with Crippen molar-refractivity contribution in [1.82, 2.24) is 4.98 Å². The molecule has 2 fully saturated rings. The molecular formula is C13H18N2O4S. The quantitative estimate of drug-likeness (QED) is 0.913. The number of hydrogen-bond acceptors (Lipinski definition) is 6. The Hall–Kier alpha value is -1.18. The molecule has 1 saturated carbocycles. The maximum Gasteiger partial charge on any atom is 0.347 e. The van der Waals surface area contributed by atoms with Gasteiger partial charge in [0.05, 0.1) is 31.1 Å². The molecule has 0 bridgehead atoms. The number of nitrogens with zero attached hydrogens (tertiary/aromatic N) is 2. The monoisotopic (exact) mass is 298 g/mol. The van der Waals surface area contributed by atoms with Gasteiger partial charge in [-0.1, -0.05) is 11.3 Å². The number of ether oxygens (including phenoxy) is 2. The van der Waals surface area contributed by atoms with E-state index in [4.69, 9.17) is 9.47 Å². The van der Waals surface area contributed by atoms with Crippen LogP contribution in [0.4, 0.5) is 5.13 Å². The van der Waals surface area contributed by atoms with Gasteiger partial charge < -0.3 is 19.5 Å². The number of aromatic nitrogens is 1. The van der Waals surface area contributed by atoms with Crippen LogP contribution in [-0.4, -0.2) is 48.5 Å². The molecule has 1 aromatic rings. The van der Waals surface area contributed by atoms with E-state index in [0.717, 1.165) is 30.9 Å². The lowest BCUT2D eigenvalue weighted by Crippen LogP contribution is -2.48. The zero-order valence-corrected chi connectivity index (χ0v) is 12.2. The lowest BCUT2D eigenvalue weighted by atomic mass is 10.1. The largest absolute Gasteiger partial charge is 0.477 e. The van der Waals surface area contributed by atoms with E-state index in [0.29, 0.717) is 18.3 Å². The minimum atomic E-state index is -0.933. The maximum absolute atomic E-state index is 11.3. The SMILES string of the molecule is COCc1nc(N2CCOC3CCCC32)sc1C(=O)O. The molecule has 0 amide bonds. The van der Waals surface area contributed by atoms with Crippen LogP contribution in [0.15, 0.2) is 0 Å². The van der Waals surface area contributed by atoms with E-state index in [1.807, 2.05) is 0 Å². The van der Waals surface area contributed by atoms with Gasteiger partial charge in [-0.2, -0.15) is 0 Å². The Morgan fingerprint density at radius 2 is 2.45 bits per heavy atom. The third kappa shape index (κ3) is 2.41. The third-order valence-corrected chi connectivity index (χ3v) is 5.01. The summed E-state index contributed by atoms with van der Waals surface area (Å²) in [4.78, 5) is 18.3. The van der Waals surface area contributed by atoms with Crippen LogP contribution in [0.3, 0.4) is 0 Å². The molecule has 2 heterocycles. The Bertz CT molecular complexity index is 505. The summed E-state index contributed by atoms with van der Waals surface area (Å²) in [5.74, 6) is -0.933. The van der Waals surface area contributed by atoms with Crippen molar-refractivity contribution in [2.45, 2.75) is 38.0 Å². The van der Waals surface area contributed by atoms with Crippen molar-refractivity contribution >= 4 is 22.4 Å². The minimum absolute atomic E-state index is 0.233. The Morgan fingerprint density at radius 3 is 3.20 bits per heavy atom. The van der Waals surface area contributed by atoms with Gasteiger partial charge in [-0.05, 0) is 19.3 Å². The summed E-state index contributed by atoms with van der Waals surface area (Å²) in [5.41, 5.74) is 0.515. The molecule has 1 aliphatic carbocycles. The van der Waals surface area contributed by atoms with E-state index in [2.05, 4.69) is 9.88 Å². The molecule has 7 heteroatoms. The predicted molar refractivity (Wildman–Crippen MR) is 74.5 cm³/mol. The number of hydrogen-bond donors (Lipinski definition) is 1. The molecule has 6 nitrogen and oxygen atoms in total. The second-order valence-corrected chi connectivity index (χ2v) is 6.09. The standard InChI is InChI=1S/C13H18N2O4S/c1-18-7-8-11(12(16)17)20-13(14-8)15-5-6-19-10-4-2-3-9(10)15/h9-10H,2-7H2,1H3,(H,16,17). The van der Waals surface area contributed by atoms with Crippen LogP contribution < -0.4 is 4.90 Å². The molecule has 0 radical (unpaired) electrons. The number of morpholine rings is 1. The zero-order valence-electron chi connectivity index (χ0n) is 11.4. The summed E-state index contributed by atoms with van der Waals surface area (Å²) < 4.78 is 10.8. The first-order valence-corrected chi connectivity index (χ1v) is 7.62. The van der Waals surface area contributed by atoms with Crippen molar-refractivity contribution in [3.63, 3.8) is 0 Å². The molecule has 1 saturated heterocycles. The Kier molecular flexibility index (Phi) is 3.91. The smallest absolute Gasteiger partial charge is 0.347 e. The molecule has 0 spiro atoms. The summed E-state index contributed by atoms with van der Waals surface area (Å²) in [5, 5.41) is 10.0. The topological polar surface area (TPSA) is 71.9 Å². The number of carboxylic acid groups (broad SMARTS) is 1. The number of carboxylic acids is 1. The zero-order chi connectivity index (χ0) is 14.1. The molecule has 110 valence electrons. The van der Waals surface area contributed by atoms with Gasteiger partial charge in [0.2, 0.25) is 0 Å². The second kappa shape index (κ2) is 5.67. The molecule has 2 aliphatic rings. The second-order valence-electron chi connectivity index (χ2n) is 5.11. The first kappa shape index (κ1) is 13.8. The van der Waals surface area contributed by atoms with Crippen LogP contribution >= 0.6 is 11.3 Å². The van der Waals surface area contributed by atoms with E-state index >= 15 is 0 Å². The number of methoxy groups -OCH3 is 1. The minimum Gasteiger partial charge on any atom is -0.477 e. The van der Waals surface area contributed by atoms with Gasteiger partial charge in [0, 0.05) is 13.7 Å². The molecular weight excluding hydrogens is 280 g/mol. The number of thiazole rings is 1. The lowest BCUT2D eigenvalue weighted by molar-refractivity contribution is 0.0256. The van der Waals surface area contributed by atoms with Crippen molar-refractivity contribution in [2.24, 2.45) is 0 Å². The summed E-state index contributed by atoms with van der Waals surface area (Å²) in [6.07, 6.45) is 3.61. The van der Waals surface area contributed by atoms with E-state index in [1.165, 1.54) is 11.3 Å². The van der Waals surface area contributed by atoms with E-state index in [1.54, 1.807) is 7.11 Å². The van der Waals surface area contributed by atoms with Crippen LogP contribution in [-0.2, 0) is 16.1 Å². The third-order valence-electron chi connectivity index (χ3n) is 3.89. The average molecular weight is 298 g/mol. The highest BCUT2D eigenvalue weighted by Crippen LogP contribution is 2.36. The van der Waals surface area contributed by atoms with Crippen LogP contribution in [0.1, 0.15) is 34.6 Å². The average Bonchev–Trinajstić information content (AvgIpc) is 3.04. The number of aromatic carboxylic acids is 1. The number of carbonyl (C=O) groups is 1. The van der Waals surface area contributed by atoms with Crippen LogP contribution in [0, 0.1) is 0 Å². The van der Waals surface area contributed by atoms with Gasteiger partial charge in [-0.3, -0.25) is 0 Å². The number of rotatable bonds is 4. The van der Waals surface area contributed by atoms with Gasteiger partial charge in [-0.15, -0.1) is 0 Å². The van der Waals surface area contributed by atoms with Crippen molar-refractivity contribution in [3.8, 4) is 0 Å². The Morgan fingerprint density at radius 1 is 1.60 bits per heavy atom. The van der Waals surface area contributed by atoms with Crippen molar-refractivity contribution in [1.29, 1.82) is 0 Å². The van der Waals surface area contributed by atoms with Gasteiger partial charge in [-0.25, -0.2) is 9.78 Å². The fourth-order valence-corrected chi connectivity index (χ4v) is 4.02. The molecule has 1 N–H and O–H groups in total. The summed E-state index contributed by atoms with van der Waals surface area (Å²) in [6.45, 7) is 1.69. The first-order chi connectivity index (χ1) is 9.70. The van der Waals surface area contributed by atoms with Crippen LogP contribution in [0.25, 0.3) is 0 Å². The fourth-order valence-electron chi connectivity index (χ4n) is 3.03. The van der Waals surface area contributed by atoms with E-state index in [-0.39, 0.29) is 17.6 Å². The Labute approximate surface area is 121 Å². The molecule has 1 aromatic heterocycles. The number of fused-ring (bicyclic) bond motifs is 1. The van der Waals surface area contributed by atoms with Crippen LogP contribution in [0.5, 0.6) is 0 Å². The maximum atomic E-state index is 11.3. The summed E-state index contributed by atoms with van der Waals surface area (Å²) in [6, 6.07) is 0.340. The van der Waals surface area contributed by atoms with Crippen LogP contribution in [0.2, 0.25) is 0 Å². The van der Waals surface area contributed by atoms with Gasteiger partial charge in [0.15, 0.2) is 5.13 Å². The molecule has 0 aromatic carbocycles. The molecule has 2 unspecified atom stereocenters. The summed E-state index contributed by atoms with van der Waals surface area (Å²) in [7, 11) is 1.55. The highest BCUT2D eigenvalue weighted by Gasteiger charge is 2.37. The highest BCUT2D eigenvalue weighted by atomic mass is 32.1. The summed E-state index contributed by atoms with van der Waals surface area (Å²) >= 11 is 1.24. The fraction of sp³-hybridized carbons (Fsp3) is 0.692. The molecule has 1 aliphatic heterocycles.